The van der Waals surface area contributed by atoms with E-state index < -0.39 is 12.2 Å². The average Bonchev–Trinajstić information content (AvgIpc) is 2.50. The van der Waals surface area contributed by atoms with Crippen molar-refractivity contribution >= 4 is 17.1 Å². The van der Waals surface area contributed by atoms with Crippen LogP contribution in [0.25, 0.3) is 0 Å². The van der Waals surface area contributed by atoms with Gasteiger partial charge in [0, 0.05) is 0 Å². The molecule has 1 aromatic rings. The Hall–Kier alpha value is -1.04. The fourth-order valence-corrected chi connectivity index (χ4v) is 1.24. The average molecular weight is 193 g/mol. The Kier molecular flexibility index (Phi) is 2.69. The number of aromatic nitrogens is 1. The monoisotopic (exact) mass is 193 g/mol. The van der Waals surface area contributed by atoms with Gasteiger partial charge in [0.05, 0.1) is 13.3 Å². The van der Waals surface area contributed by atoms with Crippen molar-refractivity contribution in [1.29, 1.82) is 0 Å². The Balaban J connectivity index is 2.82. The summed E-state index contributed by atoms with van der Waals surface area (Å²) in [6.07, 6.45) is -1.76. The van der Waals surface area contributed by atoms with Crippen molar-refractivity contribution < 1.29 is 18.3 Å². The number of ketones is 1. The van der Waals surface area contributed by atoms with Crippen LogP contribution in [0.15, 0.2) is 6.20 Å². The summed E-state index contributed by atoms with van der Waals surface area (Å²) in [7, 11) is 1.38. The summed E-state index contributed by atoms with van der Waals surface area (Å²) in [4.78, 5) is 14.1. The van der Waals surface area contributed by atoms with Gasteiger partial charge in [0.2, 0.25) is 0 Å². The molecule has 0 aliphatic rings. The third-order valence-corrected chi connectivity index (χ3v) is 2.07. The first-order valence-corrected chi connectivity index (χ1v) is 3.79. The van der Waals surface area contributed by atoms with Crippen molar-refractivity contribution in [3.8, 4) is 5.06 Å². The molecule has 66 valence electrons. The van der Waals surface area contributed by atoms with Crippen molar-refractivity contribution in [3.05, 3.63) is 11.2 Å². The molecule has 0 bridgehead atoms. The zero-order valence-electron chi connectivity index (χ0n) is 6.08. The Morgan fingerprint density at radius 2 is 2.42 bits per heavy atom. The molecule has 1 heterocycles. The minimum atomic E-state index is -3.00. The number of alkyl halides is 2. The minimum Gasteiger partial charge on any atom is -0.486 e. The number of hydrogen-bond acceptors (Lipinski definition) is 4. The Morgan fingerprint density at radius 1 is 1.75 bits per heavy atom. The summed E-state index contributed by atoms with van der Waals surface area (Å²) in [5.74, 6) is -1.26. The van der Waals surface area contributed by atoms with Crippen LogP contribution in [-0.2, 0) is 0 Å². The van der Waals surface area contributed by atoms with Crippen molar-refractivity contribution in [3.63, 3.8) is 0 Å². The lowest BCUT2D eigenvalue weighted by molar-refractivity contribution is 0.0678. The molecule has 1 rings (SSSR count). The summed E-state index contributed by atoms with van der Waals surface area (Å²) in [5.41, 5.74) is 0. The summed E-state index contributed by atoms with van der Waals surface area (Å²) >= 11 is 0.806. The summed E-state index contributed by atoms with van der Waals surface area (Å²) < 4.78 is 28.3. The highest BCUT2D eigenvalue weighted by Crippen LogP contribution is 2.22. The van der Waals surface area contributed by atoms with Crippen LogP contribution in [0.2, 0.25) is 0 Å². The number of hydrogen-bond donors (Lipinski definition) is 0. The van der Waals surface area contributed by atoms with E-state index in [4.69, 9.17) is 0 Å². The molecular formula is C6H5F2NO2S. The molecule has 0 atom stereocenters. The highest BCUT2D eigenvalue weighted by Gasteiger charge is 2.21. The lowest BCUT2D eigenvalue weighted by Crippen LogP contribution is -2.09. The topological polar surface area (TPSA) is 39.2 Å². The summed E-state index contributed by atoms with van der Waals surface area (Å²) in [6, 6.07) is 0. The summed E-state index contributed by atoms with van der Waals surface area (Å²) in [5, 5.41) is 0.126. The molecular weight excluding hydrogens is 188 g/mol. The molecule has 0 aliphatic carbocycles. The Labute approximate surface area is 71.0 Å². The smallest absolute Gasteiger partial charge is 0.303 e. The van der Waals surface area contributed by atoms with E-state index in [1.807, 2.05) is 0 Å². The maximum Gasteiger partial charge on any atom is 0.303 e. The first kappa shape index (κ1) is 9.05. The van der Waals surface area contributed by atoms with E-state index in [9.17, 15) is 13.6 Å². The standard InChI is InChI=1S/C6H5F2NO2S/c1-11-3-2-9-6(12-3)4(10)5(7)8/h2,5H,1H3. The fourth-order valence-electron chi connectivity index (χ4n) is 0.561. The van der Waals surface area contributed by atoms with Crippen LogP contribution < -0.4 is 4.74 Å². The molecule has 0 saturated heterocycles. The molecule has 0 unspecified atom stereocenters. The van der Waals surface area contributed by atoms with E-state index in [0.717, 1.165) is 11.3 Å². The molecule has 1 aromatic heterocycles. The van der Waals surface area contributed by atoms with Gasteiger partial charge in [-0.3, -0.25) is 4.79 Å². The zero-order valence-corrected chi connectivity index (χ0v) is 6.90. The van der Waals surface area contributed by atoms with Gasteiger partial charge in [-0.05, 0) is 0 Å². The highest BCUT2D eigenvalue weighted by atomic mass is 32.1. The van der Waals surface area contributed by atoms with Crippen molar-refractivity contribution in [2.45, 2.75) is 6.43 Å². The van der Waals surface area contributed by atoms with Gasteiger partial charge in [-0.25, -0.2) is 13.8 Å². The van der Waals surface area contributed by atoms with Gasteiger partial charge >= 0.3 is 6.43 Å². The van der Waals surface area contributed by atoms with Crippen LogP contribution in [0.5, 0.6) is 5.06 Å². The predicted octanol–water partition coefficient (Wildman–Crippen LogP) is 1.60. The molecule has 0 radical (unpaired) electrons. The van der Waals surface area contributed by atoms with Crippen molar-refractivity contribution in [2.75, 3.05) is 7.11 Å². The fraction of sp³-hybridized carbons (Fsp3) is 0.333. The van der Waals surface area contributed by atoms with E-state index >= 15 is 0 Å². The summed E-state index contributed by atoms with van der Waals surface area (Å²) in [6.45, 7) is 0. The van der Waals surface area contributed by atoms with Crippen molar-refractivity contribution in [2.24, 2.45) is 0 Å². The van der Waals surface area contributed by atoms with Crippen LogP contribution in [-0.4, -0.2) is 24.3 Å². The first-order chi connectivity index (χ1) is 5.65. The largest absolute Gasteiger partial charge is 0.486 e. The van der Waals surface area contributed by atoms with Crippen LogP contribution in [0, 0.1) is 0 Å². The molecule has 0 aliphatic heterocycles. The van der Waals surface area contributed by atoms with Gasteiger partial charge in [-0.1, -0.05) is 11.3 Å². The van der Waals surface area contributed by atoms with E-state index in [0.29, 0.717) is 5.06 Å². The SMILES string of the molecule is COc1cnc(C(=O)C(F)F)s1. The second-order valence-electron chi connectivity index (χ2n) is 1.85. The molecule has 0 N–H and O–H groups in total. The number of nitrogens with zero attached hydrogens (tertiary/aromatic N) is 1. The molecule has 0 saturated carbocycles. The number of thiazole rings is 1. The van der Waals surface area contributed by atoms with Gasteiger partial charge in [0.1, 0.15) is 0 Å². The second-order valence-corrected chi connectivity index (χ2v) is 2.85. The highest BCUT2D eigenvalue weighted by molar-refractivity contribution is 7.15. The Morgan fingerprint density at radius 3 is 2.83 bits per heavy atom. The molecule has 0 aromatic carbocycles. The predicted molar refractivity (Wildman–Crippen MR) is 39.0 cm³/mol. The minimum absolute atomic E-state index is 0.221. The van der Waals surface area contributed by atoms with E-state index in [1.165, 1.54) is 13.3 Å². The third kappa shape index (κ3) is 1.76. The van der Waals surface area contributed by atoms with E-state index in [2.05, 4.69) is 9.72 Å². The van der Waals surface area contributed by atoms with Gasteiger partial charge in [0.25, 0.3) is 5.78 Å². The van der Waals surface area contributed by atoms with Crippen LogP contribution in [0.4, 0.5) is 8.78 Å². The van der Waals surface area contributed by atoms with Gasteiger partial charge in [0.15, 0.2) is 10.1 Å². The molecule has 0 spiro atoms. The normalized spacial score (nSPS) is 10.3. The molecule has 12 heavy (non-hydrogen) atoms. The van der Waals surface area contributed by atoms with E-state index in [1.54, 1.807) is 0 Å². The number of halogens is 2. The van der Waals surface area contributed by atoms with Crippen LogP contribution in [0.3, 0.4) is 0 Å². The zero-order chi connectivity index (χ0) is 9.14. The molecule has 3 nitrogen and oxygen atoms in total. The number of rotatable bonds is 3. The quantitative estimate of drug-likeness (QED) is 0.684. The first-order valence-electron chi connectivity index (χ1n) is 2.97. The Bertz CT molecular complexity index is 287. The maximum atomic E-state index is 11.8. The van der Waals surface area contributed by atoms with Gasteiger partial charge in [-0.15, -0.1) is 0 Å². The third-order valence-electron chi connectivity index (χ3n) is 1.09. The molecule has 6 heteroatoms. The van der Waals surface area contributed by atoms with Gasteiger partial charge in [-0.2, -0.15) is 0 Å². The van der Waals surface area contributed by atoms with Crippen LogP contribution in [0.1, 0.15) is 9.80 Å². The molecule has 0 amide bonds. The lowest BCUT2D eigenvalue weighted by Gasteiger charge is -1.91. The van der Waals surface area contributed by atoms with Gasteiger partial charge < -0.3 is 4.74 Å². The number of Topliss-reactive ketones (excluding diaryl/α,β-unsaturated/α-hetero) is 1. The van der Waals surface area contributed by atoms with E-state index in [-0.39, 0.29) is 5.01 Å². The van der Waals surface area contributed by atoms with Crippen LogP contribution >= 0.6 is 11.3 Å². The second kappa shape index (κ2) is 3.57. The number of ether oxygens (including phenoxy) is 1. The lowest BCUT2D eigenvalue weighted by atomic mass is 10.4. The number of carbonyl (C=O) groups excluding carboxylic acids is 1. The van der Waals surface area contributed by atoms with Crippen molar-refractivity contribution in [1.82, 2.24) is 4.98 Å². The number of methoxy groups -OCH3 is 1. The number of carbonyl (C=O) groups is 1. The maximum absolute atomic E-state index is 11.8. The molecule has 0 fully saturated rings.